The van der Waals surface area contributed by atoms with E-state index >= 15 is 0 Å². The van der Waals surface area contributed by atoms with Crippen LogP contribution in [0.4, 0.5) is 5.69 Å². The average Bonchev–Trinajstić information content (AvgIpc) is 2.78. The molecule has 0 heterocycles. The van der Waals surface area contributed by atoms with Crippen molar-refractivity contribution in [2.75, 3.05) is 11.9 Å². The van der Waals surface area contributed by atoms with Crippen molar-refractivity contribution in [3.63, 3.8) is 0 Å². The third-order valence-corrected chi connectivity index (χ3v) is 5.53. The molecule has 4 rings (SSSR count). The molecule has 3 aromatic rings. The molecule has 1 amide bonds. The van der Waals surface area contributed by atoms with Gasteiger partial charge in [0.15, 0.2) is 11.6 Å². The quantitative estimate of drug-likeness (QED) is 0.493. The molecule has 0 spiro atoms. The van der Waals surface area contributed by atoms with E-state index in [9.17, 15) is 14.4 Å². The molecule has 31 heavy (non-hydrogen) atoms. The zero-order chi connectivity index (χ0) is 22.0. The number of carbonyl (C=O) groups excluding carboxylic acids is 3. The Balaban J connectivity index is 1.54. The summed E-state index contributed by atoms with van der Waals surface area (Å²) in [5.74, 6) is -0.439. The first-order valence-electron chi connectivity index (χ1n) is 10.4. The third kappa shape index (κ3) is 4.05. The van der Waals surface area contributed by atoms with Gasteiger partial charge in [0, 0.05) is 22.7 Å². The number of carbonyl (C=O) groups is 3. The summed E-state index contributed by atoms with van der Waals surface area (Å²) < 4.78 is 0. The summed E-state index contributed by atoms with van der Waals surface area (Å²) in [6.45, 7) is 4.27. The maximum atomic E-state index is 13.1. The van der Waals surface area contributed by atoms with Crippen molar-refractivity contribution < 1.29 is 14.4 Å². The first kappa shape index (κ1) is 20.7. The predicted molar refractivity (Wildman–Crippen MR) is 120 cm³/mol. The lowest BCUT2D eigenvalue weighted by atomic mass is 9.83. The van der Waals surface area contributed by atoms with Gasteiger partial charge in [-0.25, -0.2) is 0 Å². The minimum absolute atomic E-state index is 0.0201. The van der Waals surface area contributed by atoms with E-state index in [2.05, 4.69) is 24.5 Å². The molecule has 0 aromatic heterocycles. The Kier molecular flexibility index (Phi) is 5.78. The van der Waals surface area contributed by atoms with Crippen molar-refractivity contribution in [2.45, 2.75) is 19.9 Å². The topological polar surface area (TPSA) is 75.3 Å². The second-order valence-electron chi connectivity index (χ2n) is 7.99. The highest BCUT2D eigenvalue weighted by Crippen LogP contribution is 2.32. The smallest absolute Gasteiger partial charge is 0.238 e. The molecule has 0 unspecified atom stereocenters. The molecular weight excluding hydrogens is 388 g/mol. The lowest BCUT2D eigenvalue weighted by Crippen LogP contribution is -2.34. The SMILES string of the molecule is CC(C)[C@H](NCC(=O)Nc1cccc2c1C(=O)c1ccccc1C2=O)c1ccccc1. The molecule has 5 nitrogen and oxygen atoms in total. The lowest BCUT2D eigenvalue weighted by molar-refractivity contribution is -0.115. The van der Waals surface area contributed by atoms with Crippen LogP contribution in [0.1, 0.15) is 57.3 Å². The summed E-state index contributed by atoms with van der Waals surface area (Å²) in [4.78, 5) is 38.7. The van der Waals surface area contributed by atoms with E-state index in [1.54, 1.807) is 42.5 Å². The molecule has 0 radical (unpaired) electrons. The summed E-state index contributed by atoms with van der Waals surface area (Å²) in [6, 6.07) is 21.7. The van der Waals surface area contributed by atoms with Gasteiger partial charge in [0.25, 0.3) is 0 Å². The first-order valence-corrected chi connectivity index (χ1v) is 10.4. The highest BCUT2D eigenvalue weighted by Gasteiger charge is 2.31. The van der Waals surface area contributed by atoms with Gasteiger partial charge in [-0.3, -0.25) is 14.4 Å². The lowest BCUT2D eigenvalue weighted by Gasteiger charge is -2.23. The standard InChI is InChI=1S/C26H24N2O3/c1-16(2)24(17-9-4-3-5-10-17)27-15-22(29)28-21-14-8-13-20-23(21)26(31)19-12-7-6-11-18(19)25(20)30/h3-14,16,24,27H,15H2,1-2H3,(H,28,29)/t24-/m0/s1. The van der Waals surface area contributed by atoms with Gasteiger partial charge in [-0.2, -0.15) is 0 Å². The fourth-order valence-corrected chi connectivity index (χ4v) is 4.05. The molecule has 1 aliphatic carbocycles. The second-order valence-corrected chi connectivity index (χ2v) is 7.99. The van der Waals surface area contributed by atoms with Crippen LogP contribution in [0.5, 0.6) is 0 Å². The molecular formula is C26H24N2O3. The van der Waals surface area contributed by atoms with E-state index in [-0.39, 0.29) is 41.5 Å². The van der Waals surface area contributed by atoms with Crippen molar-refractivity contribution in [3.05, 3.63) is 101 Å². The minimum atomic E-state index is -0.269. The Hall–Kier alpha value is -3.57. The van der Waals surface area contributed by atoms with Gasteiger partial charge in [0.05, 0.1) is 17.8 Å². The number of fused-ring (bicyclic) bond motifs is 2. The number of anilines is 1. The Labute approximate surface area is 181 Å². The summed E-state index contributed by atoms with van der Waals surface area (Å²) in [6.07, 6.45) is 0. The van der Waals surface area contributed by atoms with Crippen LogP contribution in [0.3, 0.4) is 0 Å². The van der Waals surface area contributed by atoms with Crippen LogP contribution in [0.25, 0.3) is 0 Å². The molecule has 156 valence electrons. The van der Waals surface area contributed by atoms with Gasteiger partial charge >= 0.3 is 0 Å². The van der Waals surface area contributed by atoms with E-state index in [0.717, 1.165) is 5.56 Å². The van der Waals surface area contributed by atoms with E-state index in [1.807, 2.05) is 30.3 Å². The number of nitrogens with one attached hydrogen (secondary N) is 2. The second kappa shape index (κ2) is 8.66. The van der Waals surface area contributed by atoms with Crippen LogP contribution in [0, 0.1) is 5.92 Å². The Bertz CT molecular complexity index is 1150. The summed E-state index contributed by atoms with van der Waals surface area (Å²) >= 11 is 0. The summed E-state index contributed by atoms with van der Waals surface area (Å²) in [5.41, 5.74) is 2.80. The van der Waals surface area contributed by atoms with Crippen LogP contribution in [-0.2, 0) is 4.79 Å². The molecule has 1 atom stereocenters. The summed E-state index contributed by atoms with van der Waals surface area (Å²) in [7, 11) is 0. The van der Waals surface area contributed by atoms with E-state index in [0.29, 0.717) is 22.4 Å². The number of hydrogen-bond acceptors (Lipinski definition) is 4. The Morgan fingerprint density at radius 3 is 2.06 bits per heavy atom. The third-order valence-electron chi connectivity index (χ3n) is 5.53. The van der Waals surface area contributed by atoms with Crippen molar-refractivity contribution >= 4 is 23.2 Å². The van der Waals surface area contributed by atoms with Crippen LogP contribution in [-0.4, -0.2) is 24.0 Å². The molecule has 0 bridgehead atoms. The van der Waals surface area contributed by atoms with Gasteiger partial charge in [0.2, 0.25) is 5.91 Å². The van der Waals surface area contributed by atoms with Crippen molar-refractivity contribution in [3.8, 4) is 0 Å². The molecule has 5 heteroatoms. The number of ketones is 2. The maximum Gasteiger partial charge on any atom is 0.238 e. The monoisotopic (exact) mass is 412 g/mol. The van der Waals surface area contributed by atoms with Crippen molar-refractivity contribution in [1.82, 2.24) is 5.32 Å². The zero-order valence-corrected chi connectivity index (χ0v) is 17.5. The molecule has 0 saturated carbocycles. The fourth-order valence-electron chi connectivity index (χ4n) is 4.05. The van der Waals surface area contributed by atoms with E-state index < -0.39 is 0 Å². The Morgan fingerprint density at radius 1 is 0.774 bits per heavy atom. The number of amides is 1. The fraction of sp³-hybridized carbons (Fsp3) is 0.192. The van der Waals surface area contributed by atoms with Gasteiger partial charge in [-0.05, 0) is 17.5 Å². The van der Waals surface area contributed by atoms with E-state index in [4.69, 9.17) is 0 Å². The van der Waals surface area contributed by atoms with Gasteiger partial charge in [-0.15, -0.1) is 0 Å². The van der Waals surface area contributed by atoms with Crippen LogP contribution < -0.4 is 10.6 Å². The van der Waals surface area contributed by atoms with Crippen LogP contribution >= 0.6 is 0 Å². The number of benzene rings is 3. The maximum absolute atomic E-state index is 13.1. The first-order chi connectivity index (χ1) is 15.0. The molecule has 2 N–H and O–H groups in total. The molecule has 0 saturated heterocycles. The normalized spacial score (nSPS) is 13.5. The molecule has 1 aliphatic rings. The van der Waals surface area contributed by atoms with Crippen LogP contribution in [0.15, 0.2) is 72.8 Å². The number of rotatable bonds is 6. The largest absolute Gasteiger partial charge is 0.324 e. The molecule has 3 aromatic carbocycles. The zero-order valence-electron chi connectivity index (χ0n) is 17.5. The van der Waals surface area contributed by atoms with Gasteiger partial charge in [-0.1, -0.05) is 80.6 Å². The predicted octanol–water partition coefficient (Wildman–Crippen LogP) is 4.39. The summed E-state index contributed by atoms with van der Waals surface area (Å²) in [5, 5.41) is 6.13. The number of hydrogen-bond donors (Lipinski definition) is 2. The van der Waals surface area contributed by atoms with E-state index in [1.165, 1.54) is 0 Å². The highest BCUT2D eigenvalue weighted by atomic mass is 16.2. The van der Waals surface area contributed by atoms with Gasteiger partial charge < -0.3 is 10.6 Å². The average molecular weight is 412 g/mol. The van der Waals surface area contributed by atoms with Gasteiger partial charge in [0.1, 0.15) is 0 Å². The highest BCUT2D eigenvalue weighted by molar-refractivity contribution is 6.30. The molecule has 0 fully saturated rings. The molecule has 0 aliphatic heterocycles. The Morgan fingerprint density at radius 2 is 1.39 bits per heavy atom. The van der Waals surface area contributed by atoms with Crippen molar-refractivity contribution in [1.29, 1.82) is 0 Å². The minimum Gasteiger partial charge on any atom is -0.324 e. The van der Waals surface area contributed by atoms with Crippen molar-refractivity contribution in [2.24, 2.45) is 5.92 Å². The van der Waals surface area contributed by atoms with Crippen LogP contribution in [0.2, 0.25) is 0 Å².